The number of hydrogen-bond donors (Lipinski definition) is 1. The summed E-state index contributed by atoms with van der Waals surface area (Å²) in [5.74, 6) is 1.32. The second-order valence-corrected chi connectivity index (χ2v) is 6.16. The molecule has 1 atom stereocenters. The molecule has 0 saturated heterocycles. The zero-order valence-corrected chi connectivity index (χ0v) is 13.5. The molecule has 2 N–H and O–H groups in total. The van der Waals surface area contributed by atoms with Gasteiger partial charge >= 0.3 is 0 Å². The van der Waals surface area contributed by atoms with Crippen LogP contribution in [-0.4, -0.2) is 28.4 Å². The predicted molar refractivity (Wildman–Crippen MR) is 85.2 cm³/mol. The fraction of sp³-hybridized carbons (Fsp3) is 0.812. The Hall–Kier alpha value is -1.03. The van der Waals surface area contributed by atoms with Gasteiger partial charge in [0.2, 0.25) is 0 Å². The summed E-state index contributed by atoms with van der Waals surface area (Å²) in [6.45, 7) is 7.68. The topological polar surface area (TPSA) is 47.1 Å². The van der Waals surface area contributed by atoms with Crippen LogP contribution < -0.4 is 10.6 Å². The van der Waals surface area contributed by atoms with Gasteiger partial charge < -0.3 is 10.6 Å². The molecule has 20 heavy (non-hydrogen) atoms. The highest BCUT2D eigenvalue weighted by molar-refractivity contribution is 5.52. The number of anilines is 1. The minimum Gasteiger partial charge on any atom is -0.354 e. The number of aryl methyl sites for hydroxylation is 2. The predicted octanol–water partition coefficient (Wildman–Crippen LogP) is 2.78. The molecule has 4 nitrogen and oxygen atoms in total. The van der Waals surface area contributed by atoms with Crippen molar-refractivity contribution in [1.82, 2.24) is 9.78 Å². The zero-order valence-electron chi connectivity index (χ0n) is 13.5. The second kappa shape index (κ2) is 6.61. The number of rotatable bonds is 8. The molecule has 2 rings (SSSR count). The minimum atomic E-state index is 0.240. The number of nitrogens with two attached hydrogens (primary N) is 1. The largest absolute Gasteiger partial charge is 0.354 e. The van der Waals surface area contributed by atoms with Gasteiger partial charge in [-0.3, -0.25) is 4.68 Å². The Morgan fingerprint density at radius 2 is 2.10 bits per heavy atom. The van der Waals surface area contributed by atoms with Crippen molar-refractivity contribution < 1.29 is 0 Å². The molecule has 1 heterocycles. The van der Waals surface area contributed by atoms with E-state index in [0.717, 1.165) is 31.1 Å². The average Bonchev–Trinajstić information content (AvgIpc) is 3.21. The molecular formula is C16H30N4. The maximum Gasteiger partial charge on any atom is 0.130 e. The van der Waals surface area contributed by atoms with Crippen LogP contribution in [0.5, 0.6) is 0 Å². The average molecular weight is 278 g/mol. The van der Waals surface area contributed by atoms with Gasteiger partial charge in [-0.1, -0.05) is 20.3 Å². The van der Waals surface area contributed by atoms with E-state index < -0.39 is 0 Å². The van der Waals surface area contributed by atoms with Crippen LogP contribution in [0, 0.1) is 6.92 Å². The lowest BCUT2D eigenvalue weighted by Gasteiger charge is -2.26. The monoisotopic (exact) mass is 278 g/mol. The molecule has 1 aliphatic carbocycles. The number of unbranched alkanes of at least 4 members (excludes halogenated alkanes) is 1. The van der Waals surface area contributed by atoms with E-state index in [1.54, 1.807) is 0 Å². The van der Waals surface area contributed by atoms with Crippen molar-refractivity contribution in [2.45, 2.75) is 71.4 Å². The summed E-state index contributed by atoms with van der Waals surface area (Å²) < 4.78 is 2.07. The van der Waals surface area contributed by atoms with E-state index in [1.807, 2.05) is 0 Å². The zero-order chi connectivity index (χ0) is 14.7. The maximum atomic E-state index is 6.19. The summed E-state index contributed by atoms with van der Waals surface area (Å²) in [6.07, 6.45) is 7.11. The van der Waals surface area contributed by atoms with Gasteiger partial charge in [0.25, 0.3) is 0 Å². The highest BCUT2D eigenvalue weighted by Crippen LogP contribution is 2.35. The van der Waals surface area contributed by atoms with Crippen LogP contribution in [0.3, 0.4) is 0 Å². The Labute approximate surface area is 123 Å². The molecule has 4 heteroatoms. The van der Waals surface area contributed by atoms with Crippen molar-refractivity contribution in [2.75, 3.05) is 11.4 Å². The first-order valence-electron chi connectivity index (χ1n) is 8.13. The summed E-state index contributed by atoms with van der Waals surface area (Å²) >= 11 is 0. The van der Waals surface area contributed by atoms with Crippen LogP contribution in [-0.2, 0) is 13.5 Å². The van der Waals surface area contributed by atoms with Crippen LogP contribution >= 0.6 is 0 Å². The fourth-order valence-corrected chi connectivity index (χ4v) is 2.87. The molecule has 0 radical (unpaired) electrons. The van der Waals surface area contributed by atoms with E-state index in [1.165, 1.54) is 37.1 Å². The molecule has 0 bridgehead atoms. The van der Waals surface area contributed by atoms with Gasteiger partial charge in [-0.25, -0.2) is 0 Å². The lowest BCUT2D eigenvalue weighted by molar-refractivity contribution is 0.633. The van der Waals surface area contributed by atoms with E-state index in [2.05, 4.69) is 42.5 Å². The van der Waals surface area contributed by atoms with Crippen molar-refractivity contribution in [2.24, 2.45) is 12.8 Å². The van der Waals surface area contributed by atoms with Crippen LogP contribution in [0.25, 0.3) is 0 Å². The fourth-order valence-electron chi connectivity index (χ4n) is 2.87. The van der Waals surface area contributed by atoms with Crippen molar-refractivity contribution >= 4 is 5.82 Å². The Balaban J connectivity index is 2.27. The second-order valence-electron chi connectivity index (χ2n) is 6.16. The minimum absolute atomic E-state index is 0.240. The first kappa shape index (κ1) is 15.4. The third-order valence-corrected chi connectivity index (χ3v) is 4.32. The number of aromatic nitrogens is 2. The molecule has 114 valence electrons. The quantitative estimate of drug-likeness (QED) is 0.795. The van der Waals surface area contributed by atoms with E-state index >= 15 is 0 Å². The van der Waals surface area contributed by atoms with E-state index in [-0.39, 0.29) is 6.04 Å². The molecule has 0 amide bonds. The van der Waals surface area contributed by atoms with Crippen LogP contribution in [0.1, 0.15) is 57.2 Å². The first-order chi connectivity index (χ1) is 9.58. The lowest BCUT2D eigenvalue weighted by atomic mass is 10.0. The van der Waals surface area contributed by atoms with Crippen molar-refractivity contribution in [1.29, 1.82) is 0 Å². The van der Waals surface area contributed by atoms with E-state index in [0.29, 0.717) is 0 Å². The molecule has 0 aliphatic heterocycles. The summed E-state index contributed by atoms with van der Waals surface area (Å²) in [7, 11) is 2.07. The molecule has 1 fully saturated rings. The molecule has 1 unspecified atom stereocenters. The molecule has 1 aromatic heterocycles. The molecule has 0 aromatic carbocycles. The molecule has 1 aromatic rings. The highest BCUT2D eigenvalue weighted by atomic mass is 15.4. The van der Waals surface area contributed by atoms with Crippen LogP contribution in [0.2, 0.25) is 0 Å². The molecule has 0 spiro atoms. The SMILES string of the molecule is CCCCN(c1c(CC(N)CC)c(C)nn1C)C1CC1. The van der Waals surface area contributed by atoms with E-state index in [9.17, 15) is 0 Å². The van der Waals surface area contributed by atoms with Gasteiger partial charge in [0.05, 0.1) is 5.69 Å². The smallest absolute Gasteiger partial charge is 0.130 e. The summed E-state index contributed by atoms with van der Waals surface area (Å²) in [5.41, 5.74) is 8.70. The first-order valence-corrected chi connectivity index (χ1v) is 8.13. The van der Waals surface area contributed by atoms with Crippen molar-refractivity contribution in [3.8, 4) is 0 Å². The lowest BCUT2D eigenvalue weighted by Crippen LogP contribution is -2.31. The third-order valence-electron chi connectivity index (χ3n) is 4.32. The highest BCUT2D eigenvalue weighted by Gasteiger charge is 2.32. The molecule has 1 aliphatic rings. The van der Waals surface area contributed by atoms with Crippen LogP contribution in [0.4, 0.5) is 5.82 Å². The summed E-state index contributed by atoms with van der Waals surface area (Å²) in [4.78, 5) is 2.58. The van der Waals surface area contributed by atoms with Gasteiger partial charge in [0, 0.05) is 31.2 Å². The molecule has 1 saturated carbocycles. The Morgan fingerprint density at radius 1 is 1.40 bits per heavy atom. The molecular weight excluding hydrogens is 248 g/mol. The van der Waals surface area contributed by atoms with Gasteiger partial charge in [-0.2, -0.15) is 5.10 Å². The Kier molecular flexibility index (Phi) is 5.08. The summed E-state index contributed by atoms with van der Waals surface area (Å²) in [5, 5.41) is 4.66. The third kappa shape index (κ3) is 3.35. The standard InChI is InChI=1S/C16H30N4/c1-5-7-10-20(14-8-9-14)16-15(11-13(17)6-2)12(3)18-19(16)4/h13-14H,5-11,17H2,1-4H3. The van der Waals surface area contributed by atoms with Crippen LogP contribution in [0.15, 0.2) is 0 Å². The van der Waals surface area contributed by atoms with Gasteiger partial charge in [0.15, 0.2) is 0 Å². The summed E-state index contributed by atoms with van der Waals surface area (Å²) in [6, 6.07) is 0.969. The van der Waals surface area contributed by atoms with Crippen molar-refractivity contribution in [3.05, 3.63) is 11.3 Å². The number of hydrogen-bond acceptors (Lipinski definition) is 3. The van der Waals surface area contributed by atoms with Gasteiger partial charge in [0.1, 0.15) is 5.82 Å². The normalized spacial score (nSPS) is 16.4. The van der Waals surface area contributed by atoms with Gasteiger partial charge in [-0.05, 0) is 39.0 Å². The van der Waals surface area contributed by atoms with Gasteiger partial charge in [-0.15, -0.1) is 0 Å². The number of nitrogens with zero attached hydrogens (tertiary/aromatic N) is 3. The Morgan fingerprint density at radius 3 is 2.65 bits per heavy atom. The maximum absolute atomic E-state index is 6.19. The van der Waals surface area contributed by atoms with Crippen molar-refractivity contribution in [3.63, 3.8) is 0 Å². The van der Waals surface area contributed by atoms with E-state index in [4.69, 9.17) is 5.73 Å². The Bertz CT molecular complexity index is 434.